The molecule has 5 heteroatoms. The highest BCUT2D eigenvalue weighted by atomic mass is 79.9. The van der Waals surface area contributed by atoms with Gasteiger partial charge in [-0.05, 0) is 55.3 Å². The molecule has 4 nitrogen and oxygen atoms in total. The fourth-order valence-corrected chi connectivity index (χ4v) is 2.95. The van der Waals surface area contributed by atoms with Crippen molar-refractivity contribution in [2.24, 2.45) is 0 Å². The summed E-state index contributed by atoms with van der Waals surface area (Å²) in [6, 6.07) is 13.0. The highest BCUT2D eigenvalue weighted by Gasteiger charge is 2.17. The summed E-state index contributed by atoms with van der Waals surface area (Å²) in [6.07, 6.45) is 2.37. The zero-order chi connectivity index (χ0) is 15.5. The molecule has 0 atom stereocenters. The van der Waals surface area contributed by atoms with Gasteiger partial charge in [0.2, 0.25) is 0 Å². The van der Waals surface area contributed by atoms with E-state index in [0.717, 1.165) is 28.9 Å². The molecular formula is C17H18BrN3O. The number of nitrogen functional groups attached to an aromatic ring is 1. The molecule has 1 amide bonds. The molecule has 1 saturated heterocycles. The fraction of sp³-hybridized carbons (Fsp3) is 0.235. The van der Waals surface area contributed by atoms with E-state index in [0.29, 0.717) is 11.3 Å². The van der Waals surface area contributed by atoms with Crippen LogP contribution in [0.2, 0.25) is 0 Å². The van der Waals surface area contributed by atoms with Gasteiger partial charge in [0, 0.05) is 28.8 Å². The van der Waals surface area contributed by atoms with E-state index in [1.54, 1.807) is 12.1 Å². The molecule has 22 heavy (non-hydrogen) atoms. The third-order valence-corrected chi connectivity index (χ3v) is 4.35. The van der Waals surface area contributed by atoms with E-state index in [1.807, 2.05) is 30.3 Å². The summed E-state index contributed by atoms with van der Waals surface area (Å²) in [5.74, 6) is -0.126. The molecule has 1 aliphatic heterocycles. The maximum atomic E-state index is 12.4. The highest BCUT2D eigenvalue weighted by molar-refractivity contribution is 9.10. The van der Waals surface area contributed by atoms with Crippen LogP contribution in [-0.2, 0) is 0 Å². The van der Waals surface area contributed by atoms with Crippen LogP contribution < -0.4 is 16.0 Å². The average Bonchev–Trinajstić information content (AvgIpc) is 3.02. The second kappa shape index (κ2) is 6.40. The third kappa shape index (κ3) is 3.25. The second-order valence-electron chi connectivity index (χ2n) is 5.43. The minimum absolute atomic E-state index is 0.126. The van der Waals surface area contributed by atoms with Gasteiger partial charge in [0.1, 0.15) is 0 Å². The van der Waals surface area contributed by atoms with Crippen LogP contribution in [0.4, 0.5) is 17.1 Å². The monoisotopic (exact) mass is 359 g/mol. The minimum atomic E-state index is -0.126. The molecular weight excluding hydrogens is 342 g/mol. The molecule has 0 spiro atoms. The third-order valence-electron chi connectivity index (χ3n) is 3.82. The zero-order valence-electron chi connectivity index (χ0n) is 12.2. The van der Waals surface area contributed by atoms with E-state index in [-0.39, 0.29) is 5.91 Å². The number of nitrogens with one attached hydrogen (secondary N) is 1. The minimum Gasteiger partial charge on any atom is -0.399 e. The Morgan fingerprint density at radius 3 is 2.45 bits per heavy atom. The van der Waals surface area contributed by atoms with Gasteiger partial charge in [-0.1, -0.05) is 15.9 Å². The largest absolute Gasteiger partial charge is 0.399 e. The predicted octanol–water partition coefficient (Wildman–Crippen LogP) is 3.88. The summed E-state index contributed by atoms with van der Waals surface area (Å²) in [4.78, 5) is 14.7. The Morgan fingerprint density at radius 1 is 1.09 bits per heavy atom. The zero-order valence-corrected chi connectivity index (χ0v) is 13.8. The topological polar surface area (TPSA) is 58.4 Å². The summed E-state index contributed by atoms with van der Waals surface area (Å²) in [5.41, 5.74) is 8.97. The first kappa shape index (κ1) is 14.9. The fourth-order valence-electron chi connectivity index (χ4n) is 2.68. The molecule has 114 valence electrons. The Morgan fingerprint density at radius 2 is 1.77 bits per heavy atom. The van der Waals surface area contributed by atoms with E-state index in [4.69, 9.17) is 5.73 Å². The van der Waals surface area contributed by atoms with Gasteiger partial charge in [0.05, 0.1) is 11.4 Å². The van der Waals surface area contributed by atoms with Crippen molar-refractivity contribution in [3.63, 3.8) is 0 Å². The molecule has 0 aromatic heterocycles. The SMILES string of the molecule is Nc1ccc(N2CCCC2)c(NC(=O)c2ccc(Br)cc2)c1. The number of nitrogens with two attached hydrogens (primary N) is 1. The Bertz CT molecular complexity index is 679. The average molecular weight is 360 g/mol. The van der Waals surface area contributed by atoms with E-state index < -0.39 is 0 Å². The van der Waals surface area contributed by atoms with Gasteiger partial charge < -0.3 is 16.0 Å². The van der Waals surface area contributed by atoms with Crippen LogP contribution in [0.1, 0.15) is 23.2 Å². The number of carbonyl (C=O) groups excluding carboxylic acids is 1. The molecule has 0 saturated carbocycles. The normalized spacial score (nSPS) is 14.1. The molecule has 0 unspecified atom stereocenters. The number of halogens is 1. The lowest BCUT2D eigenvalue weighted by Crippen LogP contribution is -2.21. The van der Waals surface area contributed by atoms with Gasteiger partial charge in [-0.15, -0.1) is 0 Å². The summed E-state index contributed by atoms with van der Waals surface area (Å²) >= 11 is 3.37. The number of amides is 1. The van der Waals surface area contributed by atoms with E-state index in [1.165, 1.54) is 12.8 Å². The maximum absolute atomic E-state index is 12.4. The van der Waals surface area contributed by atoms with Crippen molar-refractivity contribution in [3.05, 3.63) is 52.5 Å². The van der Waals surface area contributed by atoms with E-state index in [2.05, 4.69) is 26.1 Å². The summed E-state index contributed by atoms with van der Waals surface area (Å²) in [5, 5.41) is 2.99. The molecule has 3 N–H and O–H groups in total. The molecule has 1 heterocycles. The van der Waals surface area contributed by atoms with Crippen molar-refractivity contribution in [2.75, 3.05) is 29.0 Å². The molecule has 0 radical (unpaired) electrons. The number of rotatable bonds is 3. The van der Waals surface area contributed by atoms with Crippen LogP contribution >= 0.6 is 15.9 Å². The first-order valence-corrected chi connectivity index (χ1v) is 8.14. The number of benzene rings is 2. The summed E-state index contributed by atoms with van der Waals surface area (Å²) in [6.45, 7) is 2.04. The second-order valence-corrected chi connectivity index (χ2v) is 6.35. The van der Waals surface area contributed by atoms with Gasteiger partial charge in [0.25, 0.3) is 5.91 Å². The van der Waals surface area contributed by atoms with Gasteiger partial charge in [-0.2, -0.15) is 0 Å². The number of anilines is 3. The van der Waals surface area contributed by atoms with Crippen molar-refractivity contribution in [3.8, 4) is 0 Å². The Hall–Kier alpha value is -2.01. The highest BCUT2D eigenvalue weighted by Crippen LogP contribution is 2.31. The van der Waals surface area contributed by atoms with Crippen LogP contribution in [0.25, 0.3) is 0 Å². The van der Waals surface area contributed by atoms with Crippen LogP contribution in [-0.4, -0.2) is 19.0 Å². The molecule has 1 fully saturated rings. The van der Waals surface area contributed by atoms with Crippen molar-refractivity contribution in [1.82, 2.24) is 0 Å². The van der Waals surface area contributed by atoms with Gasteiger partial charge in [0.15, 0.2) is 0 Å². The maximum Gasteiger partial charge on any atom is 0.255 e. The molecule has 0 aliphatic carbocycles. The molecule has 3 rings (SSSR count). The van der Waals surface area contributed by atoms with E-state index in [9.17, 15) is 4.79 Å². The number of hydrogen-bond donors (Lipinski definition) is 2. The van der Waals surface area contributed by atoms with Crippen LogP contribution in [0, 0.1) is 0 Å². The van der Waals surface area contributed by atoms with Gasteiger partial charge >= 0.3 is 0 Å². The lowest BCUT2D eigenvalue weighted by molar-refractivity contribution is 0.102. The first-order valence-electron chi connectivity index (χ1n) is 7.35. The van der Waals surface area contributed by atoms with Crippen LogP contribution in [0.15, 0.2) is 46.9 Å². The molecule has 1 aliphatic rings. The van der Waals surface area contributed by atoms with Crippen molar-refractivity contribution in [1.29, 1.82) is 0 Å². The first-order chi connectivity index (χ1) is 10.6. The van der Waals surface area contributed by atoms with Crippen LogP contribution in [0.3, 0.4) is 0 Å². The van der Waals surface area contributed by atoms with Crippen LogP contribution in [0.5, 0.6) is 0 Å². The van der Waals surface area contributed by atoms with Crippen molar-refractivity contribution in [2.45, 2.75) is 12.8 Å². The lowest BCUT2D eigenvalue weighted by atomic mass is 10.2. The Labute approximate surface area is 138 Å². The smallest absolute Gasteiger partial charge is 0.255 e. The lowest BCUT2D eigenvalue weighted by Gasteiger charge is -2.22. The van der Waals surface area contributed by atoms with Gasteiger partial charge in [-0.3, -0.25) is 4.79 Å². The standard InChI is InChI=1S/C17H18BrN3O/c18-13-5-3-12(4-6-13)17(22)20-15-11-14(19)7-8-16(15)21-9-1-2-10-21/h3-8,11H,1-2,9-10,19H2,(H,20,22). The predicted molar refractivity (Wildman–Crippen MR) is 94.4 cm³/mol. The van der Waals surface area contributed by atoms with Crippen molar-refractivity contribution < 1.29 is 4.79 Å². The number of carbonyl (C=O) groups is 1. The molecule has 2 aromatic carbocycles. The van der Waals surface area contributed by atoms with Gasteiger partial charge in [-0.25, -0.2) is 0 Å². The summed E-state index contributed by atoms with van der Waals surface area (Å²) in [7, 11) is 0. The Kier molecular flexibility index (Phi) is 4.34. The molecule has 0 bridgehead atoms. The summed E-state index contributed by atoms with van der Waals surface area (Å²) < 4.78 is 0.950. The van der Waals surface area contributed by atoms with Crippen molar-refractivity contribution >= 4 is 38.9 Å². The quantitative estimate of drug-likeness (QED) is 0.817. The Balaban J connectivity index is 1.85. The molecule has 2 aromatic rings. The number of hydrogen-bond acceptors (Lipinski definition) is 3. The van der Waals surface area contributed by atoms with E-state index >= 15 is 0 Å². The number of nitrogens with zero attached hydrogens (tertiary/aromatic N) is 1.